The number of aliphatic hydroxyl groups excluding tert-OH is 1. The van der Waals surface area contributed by atoms with E-state index in [0.717, 1.165) is 25.2 Å². The van der Waals surface area contributed by atoms with E-state index in [1.54, 1.807) is 12.1 Å². The number of likely N-dealkylation sites (tertiary alicyclic amines) is 1. The van der Waals surface area contributed by atoms with E-state index in [1.165, 1.54) is 18.9 Å². The van der Waals surface area contributed by atoms with Crippen molar-refractivity contribution in [3.05, 3.63) is 35.1 Å². The molecular weight excluding hydrogens is 410 g/mol. The quantitative estimate of drug-likeness (QED) is 0.362. The summed E-state index contributed by atoms with van der Waals surface area (Å²) < 4.78 is 13.3. The molecule has 130 valence electrons. The van der Waals surface area contributed by atoms with Crippen LogP contribution >= 0.6 is 24.0 Å². The summed E-state index contributed by atoms with van der Waals surface area (Å²) in [6.45, 7) is 5.24. The van der Waals surface area contributed by atoms with Gasteiger partial charge in [-0.15, -0.1) is 24.0 Å². The molecule has 4 N–H and O–H groups in total. The van der Waals surface area contributed by atoms with Crippen LogP contribution in [0.3, 0.4) is 0 Å². The Morgan fingerprint density at radius 3 is 3.00 bits per heavy atom. The highest BCUT2D eigenvalue weighted by molar-refractivity contribution is 14.0. The molecule has 0 saturated carbocycles. The molecule has 1 aliphatic rings. The van der Waals surface area contributed by atoms with Crippen LogP contribution in [0.4, 0.5) is 4.39 Å². The summed E-state index contributed by atoms with van der Waals surface area (Å²) in [5.41, 5.74) is 6.99. The van der Waals surface area contributed by atoms with Crippen LogP contribution in [0, 0.1) is 5.82 Å². The van der Waals surface area contributed by atoms with E-state index in [9.17, 15) is 4.39 Å². The average molecular weight is 436 g/mol. The molecule has 1 aliphatic heterocycles. The molecule has 7 heteroatoms. The SMILES string of the molecule is CCN1CCCC1CNC(N)=NCc1ccc(F)c(CO)c1.I. The maximum Gasteiger partial charge on any atom is 0.188 e. The number of halogens is 2. The zero-order chi connectivity index (χ0) is 15.9. The molecule has 5 nitrogen and oxygen atoms in total. The summed E-state index contributed by atoms with van der Waals surface area (Å²) in [5, 5.41) is 12.2. The molecule has 0 aromatic heterocycles. The number of hydrogen-bond acceptors (Lipinski definition) is 3. The van der Waals surface area contributed by atoms with Gasteiger partial charge in [-0.3, -0.25) is 4.90 Å². The van der Waals surface area contributed by atoms with Crippen LogP contribution in [0.5, 0.6) is 0 Å². The van der Waals surface area contributed by atoms with E-state index in [-0.39, 0.29) is 36.1 Å². The summed E-state index contributed by atoms with van der Waals surface area (Å²) in [6, 6.07) is 5.13. The normalized spacial score (nSPS) is 18.7. The summed E-state index contributed by atoms with van der Waals surface area (Å²) in [6.07, 6.45) is 2.42. The van der Waals surface area contributed by atoms with Crippen LogP contribution in [0.2, 0.25) is 0 Å². The van der Waals surface area contributed by atoms with Gasteiger partial charge in [0.25, 0.3) is 0 Å². The first-order valence-electron chi connectivity index (χ1n) is 7.80. The Kier molecular flexibility index (Phi) is 8.78. The average Bonchev–Trinajstić information content (AvgIpc) is 2.99. The van der Waals surface area contributed by atoms with Crippen LogP contribution < -0.4 is 11.1 Å². The molecule has 1 heterocycles. The zero-order valence-electron chi connectivity index (χ0n) is 13.5. The first-order valence-corrected chi connectivity index (χ1v) is 7.80. The lowest BCUT2D eigenvalue weighted by Gasteiger charge is -2.23. The van der Waals surface area contributed by atoms with Crippen LogP contribution in [0.1, 0.15) is 30.9 Å². The lowest BCUT2D eigenvalue weighted by Crippen LogP contribution is -2.42. The van der Waals surface area contributed by atoms with Gasteiger partial charge in [-0.2, -0.15) is 0 Å². The maximum absolute atomic E-state index is 13.3. The third-order valence-electron chi connectivity index (χ3n) is 4.14. The molecule has 0 radical (unpaired) electrons. The topological polar surface area (TPSA) is 73.9 Å². The third-order valence-corrected chi connectivity index (χ3v) is 4.14. The predicted octanol–water partition coefficient (Wildman–Crippen LogP) is 1.82. The van der Waals surface area contributed by atoms with Gasteiger partial charge in [0.1, 0.15) is 5.82 Å². The third kappa shape index (κ3) is 5.89. The summed E-state index contributed by atoms with van der Waals surface area (Å²) in [7, 11) is 0. The molecule has 2 rings (SSSR count). The number of aliphatic hydroxyl groups is 1. The van der Waals surface area contributed by atoms with E-state index >= 15 is 0 Å². The predicted molar refractivity (Wildman–Crippen MR) is 101 cm³/mol. The fraction of sp³-hybridized carbons (Fsp3) is 0.562. The van der Waals surface area contributed by atoms with Gasteiger partial charge in [0.15, 0.2) is 5.96 Å². The van der Waals surface area contributed by atoms with E-state index < -0.39 is 5.82 Å². The van der Waals surface area contributed by atoms with E-state index in [0.29, 0.717) is 18.5 Å². The number of hydrogen-bond donors (Lipinski definition) is 3. The Balaban J connectivity index is 0.00000264. The van der Waals surface area contributed by atoms with Gasteiger partial charge in [-0.05, 0) is 43.6 Å². The molecule has 0 amide bonds. The van der Waals surface area contributed by atoms with Gasteiger partial charge in [-0.1, -0.05) is 13.0 Å². The molecule has 23 heavy (non-hydrogen) atoms. The summed E-state index contributed by atoms with van der Waals surface area (Å²) in [4.78, 5) is 6.71. The molecular formula is C16H26FIN4O. The van der Waals surface area contributed by atoms with Crippen molar-refractivity contribution in [3.8, 4) is 0 Å². The van der Waals surface area contributed by atoms with Crippen molar-refractivity contribution in [2.24, 2.45) is 10.7 Å². The Morgan fingerprint density at radius 2 is 2.30 bits per heavy atom. The van der Waals surface area contributed by atoms with Gasteiger partial charge < -0.3 is 16.2 Å². The molecule has 0 aliphatic carbocycles. The molecule has 0 bridgehead atoms. The summed E-state index contributed by atoms with van der Waals surface area (Å²) >= 11 is 0. The van der Waals surface area contributed by atoms with Gasteiger partial charge in [0.2, 0.25) is 0 Å². The van der Waals surface area contributed by atoms with Crippen molar-refractivity contribution >= 4 is 29.9 Å². The Hall–Kier alpha value is -0.930. The highest BCUT2D eigenvalue weighted by Crippen LogP contribution is 2.15. The lowest BCUT2D eigenvalue weighted by atomic mass is 10.1. The first kappa shape index (κ1) is 20.1. The second-order valence-electron chi connectivity index (χ2n) is 5.59. The molecule has 1 saturated heterocycles. The van der Waals surface area contributed by atoms with Crippen LogP contribution in [-0.2, 0) is 13.2 Å². The highest BCUT2D eigenvalue weighted by atomic mass is 127. The van der Waals surface area contributed by atoms with E-state index in [1.807, 2.05) is 0 Å². The van der Waals surface area contributed by atoms with Crippen molar-refractivity contribution in [2.75, 3.05) is 19.6 Å². The van der Waals surface area contributed by atoms with Crippen LogP contribution in [0.25, 0.3) is 0 Å². The molecule has 1 aromatic rings. The van der Waals surface area contributed by atoms with Crippen LogP contribution in [-0.4, -0.2) is 41.6 Å². The Morgan fingerprint density at radius 1 is 1.52 bits per heavy atom. The monoisotopic (exact) mass is 436 g/mol. The van der Waals surface area contributed by atoms with Crippen molar-refractivity contribution in [1.82, 2.24) is 10.2 Å². The van der Waals surface area contributed by atoms with Gasteiger partial charge in [0, 0.05) is 18.2 Å². The fourth-order valence-electron chi connectivity index (χ4n) is 2.84. The maximum atomic E-state index is 13.3. The van der Waals surface area contributed by atoms with Crippen molar-refractivity contribution in [2.45, 2.75) is 39.0 Å². The van der Waals surface area contributed by atoms with E-state index in [4.69, 9.17) is 10.8 Å². The van der Waals surface area contributed by atoms with Crippen molar-refractivity contribution in [3.63, 3.8) is 0 Å². The van der Waals surface area contributed by atoms with Crippen molar-refractivity contribution in [1.29, 1.82) is 0 Å². The largest absolute Gasteiger partial charge is 0.392 e. The van der Waals surface area contributed by atoms with Gasteiger partial charge >= 0.3 is 0 Å². The number of nitrogens with one attached hydrogen (secondary N) is 1. The first-order chi connectivity index (χ1) is 10.6. The zero-order valence-corrected chi connectivity index (χ0v) is 15.8. The van der Waals surface area contributed by atoms with Crippen LogP contribution in [0.15, 0.2) is 23.2 Å². The van der Waals surface area contributed by atoms with Crippen molar-refractivity contribution < 1.29 is 9.50 Å². The number of aliphatic imine (C=N–C) groups is 1. The van der Waals surface area contributed by atoms with Gasteiger partial charge in [0.05, 0.1) is 13.2 Å². The Bertz CT molecular complexity index is 527. The number of nitrogens with two attached hydrogens (primary N) is 1. The molecule has 1 unspecified atom stereocenters. The molecule has 1 aromatic carbocycles. The number of guanidine groups is 1. The smallest absolute Gasteiger partial charge is 0.188 e. The molecule has 1 atom stereocenters. The molecule has 0 spiro atoms. The number of rotatable bonds is 6. The number of likely N-dealkylation sites (N-methyl/N-ethyl adjacent to an activating group) is 1. The minimum atomic E-state index is -0.401. The standard InChI is InChI=1S/C16H25FN4O.HI/c1-2-21-7-3-4-14(21)10-20-16(18)19-9-12-5-6-15(17)13(8-12)11-22;/h5-6,8,14,22H,2-4,7,9-11H2,1H3,(H3,18,19,20);1H. The minimum Gasteiger partial charge on any atom is -0.392 e. The van der Waals surface area contributed by atoms with Gasteiger partial charge in [-0.25, -0.2) is 9.38 Å². The van der Waals surface area contributed by atoms with E-state index in [2.05, 4.69) is 22.1 Å². The minimum absolute atomic E-state index is 0. The fourth-order valence-corrected chi connectivity index (χ4v) is 2.84. The number of benzene rings is 1. The summed E-state index contributed by atoms with van der Waals surface area (Å²) in [5.74, 6) is 0.0000403. The lowest BCUT2D eigenvalue weighted by molar-refractivity contribution is 0.267. The Labute approximate surface area is 154 Å². The second-order valence-corrected chi connectivity index (χ2v) is 5.59. The highest BCUT2D eigenvalue weighted by Gasteiger charge is 2.22. The second kappa shape index (κ2) is 10.0. The number of nitrogens with zero attached hydrogens (tertiary/aromatic N) is 2. The molecule has 1 fully saturated rings.